The summed E-state index contributed by atoms with van der Waals surface area (Å²) in [5.41, 5.74) is 7.45. The molecular weight excluding hydrogens is 218 g/mol. The smallest absolute Gasteiger partial charge is 0.235 e. The summed E-state index contributed by atoms with van der Waals surface area (Å²) in [6, 6.07) is 0. The van der Waals surface area contributed by atoms with Crippen molar-refractivity contribution in [1.29, 1.82) is 0 Å². The van der Waals surface area contributed by atoms with Crippen LogP contribution in [-0.4, -0.2) is 29.6 Å². The highest BCUT2D eigenvalue weighted by Gasteiger charge is 2.12. The molecule has 0 saturated heterocycles. The van der Waals surface area contributed by atoms with Crippen LogP contribution in [0, 0.1) is 5.92 Å². The van der Waals surface area contributed by atoms with E-state index in [9.17, 15) is 0 Å². The molecule has 0 aliphatic heterocycles. The molecular formula is C12H23N3O2. The van der Waals surface area contributed by atoms with Gasteiger partial charge in [-0.2, -0.15) is 5.10 Å². The molecule has 0 aromatic carbocycles. The Balaban J connectivity index is 2.39. The minimum Gasteiger partial charge on any atom is -0.474 e. The van der Waals surface area contributed by atoms with Crippen LogP contribution in [0.4, 0.5) is 5.69 Å². The Morgan fingerprint density at radius 3 is 2.59 bits per heavy atom. The summed E-state index contributed by atoms with van der Waals surface area (Å²) in [6.45, 7) is 8.09. The van der Waals surface area contributed by atoms with Gasteiger partial charge in [-0.1, -0.05) is 20.8 Å². The van der Waals surface area contributed by atoms with E-state index in [1.54, 1.807) is 4.68 Å². The SMILES string of the molecule is CCc1nn(C)c(OCCOCC(C)C)c1N. The lowest BCUT2D eigenvalue weighted by Crippen LogP contribution is -2.12. The van der Waals surface area contributed by atoms with Gasteiger partial charge in [0, 0.05) is 13.7 Å². The number of hydrogen-bond donors (Lipinski definition) is 1. The lowest BCUT2D eigenvalue weighted by Gasteiger charge is -2.09. The van der Waals surface area contributed by atoms with Gasteiger partial charge in [-0.3, -0.25) is 0 Å². The Bertz CT molecular complexity index is 348. The van der Waals surface area contributed by atoms with Gasteiger partial charge in [0.1, 0.15) is 12.3 Å². The van der Waals surface area contributed by atoms with E-state index in [-0.39, 0.29) is 0 Å². The van der Waals surface area contributed by atoms with E-state index >= 15 is 0 Å². The van der Waals surface area contributed by atoms with E-state index in [0.29, 0.717) is 30.7 Å². The average Bonchev–Trinajstić information content (AvgIpc) is 2.54. The predicted molar refractivity (Wildman–Crippen MR) is 68.2 cm³/mol. The van der Waals surface area contributed by atoms with E-state index in [1.165, 1.54) is 0 Å². The average molecular weight is 241 g/mol. The van der Waals surface area contributed by atoms with Gasteiger partial charge in [0.2, 0.25) is 5.88 Å². The minimum absolute atomic E-state index is 0.500. The number of hydrogen-bond acceptors (Lipinski definition) is 4. The Kier molecular flexibility index (Phi) is 5.28. The van der Waals surface area contributed by atoms with E-state index in [0.717, 1.165) is 18.7 Å². The van der Waals surface area contributed by atoms with Crippen molar-refractivity contribution in [3.05, 3.63) is 5.69 Å². The number of nitrogens with zero attached hydrogens (tertiary/aromatic N) is 2. The number of nitrogen functional groups attached to an aromatic ring is 1. The van der Waals surface area contributed by atoms with Gasteiger partial charge in [0.05, 0.1) is 12.3 Å². The highest BCUT2D eigenvalue weighted by atomic mass is 16.5. The van der Waals surface area contributed by atoms with Gasteiger partial charge in [-0.05, 0) is 12.3 Å². The van der Waals surface area contributed by atoms with Crippen LogP contribution in [-0.2, 0) is 18.2 Å². The molecule has 0 amide bonds. The quantitative estimate of drug-likeness (QED) is 0.737. The van der Waals surface area contributed by atoms with Crippen LogP contribution < -0.4 is 10.5 Å². The molecule has 5 nitrogen and oxygen atoms in total. The Hall–Kier alpha value is -1.23. The van der Waals surface area contributed by atoms with Crippen LogP contribution in [0.5, 0.6) is 5.88 Å². The first-order valence-corrected chi connectivity index (χ1v) is 6.08. The van der Waals surface area contributed by atoms with Crippen molar-refractivity contribution in [2.45, 2.75) is 27.2 Å². The molecule has 0 aliphatic carbocycles. The highest BCUT2D eigenvalue weighted by Crippen LogP contribution is 2.24. The second kappa shape index (κ2) is 6.49. The van der Waals surface area contributed by atoms with Gasteiger partial charge in [-0.25, -0.2) is 4.68 Å². The van der Waals surface area contributed by atoms with Crippen molar-refractivity contribution >= 4 is 5.69 Å². The third-order valence-corrected chi connectivity index (χ3v) is 2.36. The van der Waals surface area contributed by atoms with Crippen LogP contribution in [0.15, 0.2) is 0 Å². The molecule has 0 spiro atoms. The first-order valence-electron chi connectivity index (χ1n) is 6.08. The highest BCUT2D eigenvalue weighted by molar-refractivity contribution is 5.53. The fourth-order valence-electron chi connectivity index (χ4n) is 1.53. The second-order valence-corrected chi connectivity index (χ2v) is 4.46. The van der Waals surface area contributed by atoms with Crippen LogP contribution in [0.3, 0.4) is 0 Å². The van der Waals surface area contributed by atoms with Gasteiger partial charge < -0.3 is 15.2 Å². The molecule has 98 valence electrons. The van der Waals surface area contributed by atoms with Gasteiger partial charge in [0.25, 0.3) is 0 Å². The van der Waals surface area contributed by atoms with E-state index in [1.807, 2.05) is 14.0 Å². The van der Waals surface area contributed by atoms with E-state index in [4.69, 9.17) is 15.2 Å². The van der Waals surface area contributed by atoms with Crippen molar-refractivity contribution in [1.82, 2.24) is 9.78 Å². The van der Waals surface area contributed by atoms with Crippen LogP contribution in [0.2, 0.25) is 0 Å². The summed E-state index contributed by atoms with van der Waals surface area (Å²) >= 11 is 0. The van der Waals surface area contributed by atoms with Crippen molar-refractivity contribution < 1.29 is 9.47 Å². The van der Waals surface area contributed by atoms with Crippen LogP contribution in [0.1, 0.15) is 26.5 Å². The molecule has 2 N–H and O–H groups in total. The number of aromatic nitrogens is 2. The molecule has 1 aromatic rings. The maximum atomic E-state index is 5.93. The van der Waals surface area contributed by atoms with Gasteiger partial charge >= 0.3 is 0 Å². The fraction of sp³-hybridized carbons (Fsp3) is 0.750. The van der Waals surface area contributed by atoms with Crippen molar-refractivity contribution in [2.24, 2.45) is 13.0 Å². The molecule has 0 fully saturated rings. The molecule has 17 heavy (non-hydrogen) atoms. The molecule has 5 heteroatoms. The standard InChI is InChI=1S/C12H23N3O2/c1-5-10-11(13)12(15(4)14-10)17-7-6-16-8-9(2)3/h9H,5-8,13H2,1-4H3. The minimum atomic E-state index is 0.500. The maximum Gasteiger partial charge on any atom is 0.235 e. The zero-order valence-electron chi connectivity index (χ0n) is 11.2. The first kappa shape index (κ1) is 13.8. The van der Waals surface area contributed by atoms with E-state index in [2.05, 4.69) is 18.9 Å². The monoisotopic (exact) mass is 241 g/mol. The number of rotatable bonds is 7. The molecule has 0 saturated carbocycles. The zero-order valence-corrected chi connectivity index (χ0v) is 11.2. The predicted octanol–water partition coefficient (Wildman–Crippen LogP) is 1.62. The molecule has 0 atom stereocenters. The summed E-state index contributed by atoms with van der Waals surface area (Å²) in [5.74, 6) is 1.18. The van der Waals surface area contributed by atoms with E-state index < -0.39 is 0 Å². The topological polar surface area (TPSA) is 62.3 Å². The first-order chi connectivity index (χ1) is 8.06. The largest absolute Gasteiger partial charge is 0.474 e. The fourth-order valence-corrected chi connectivity index (χ4v) is 1.53. The number of aryl methyl sites for hydroxylation is 2. The Labute approximate surface area is 103 Å². The third-order valence-electron chi connectivity index (χ3n) is 2.36. The van der Waals surface area contributed by atoms with Crippen molar-refractivity contribution in [3.8, 4) is 5.88 Å². The molecule has 1 rings (SSSR count). The second-order valence-electron chi connectivity index (χ2n) is 4.46. The zero-order chi connectivity index (χ0) is 12.8. The summed E-state index contributed by atoms with van der Waals surface area (Å²) in [5, 5.41) is 4.28. The van der Waals surface area contributed by atoms with Crippen LogP contribution in [0.25, 0.3) is 0 Å². The normalized spacial score (nSPS) is 11.1. The van der Waals surface area contributed by atoms with Crippen molar-refractivity contribution in [3.63, 3.8) is 0 Å². The number of ether oxygens (including phenoxy) is 2. The van der Waals surface area contributed by atoms with Crippen LogP contribution >= 0.6 is 0 Å². The lowest BCUT2D eigenvalue weighted by atomic mass is 10.2. The molecule has 0 bridgehead atoms. The molecule has 0 radical (unpaired) electrons. The summed E-state index contributed by atoms with van der Waals surface area (Å²) in [6.07, 6.45) is 0.812. The summed E-state index contributed by atoms with van der Waals surface area (Å²) < 4.78 is 12.7. The summed E-state index contributed by atoms with van der Waals surface area (Å²) in [7, 11) is 1.83. The lowest BCUT2D eigenvalue weighted by molar-refractivity contribution is 0.0796. The maximum absolute atomic E-state index is 5.93. The molecule has 1 heterocycles. The van der Waals surface area contributed by atoms with Crippen molar-refractivity contribution in [2.75, 3.05) is 25.6 Å². The Morgan fingerprint density at radius 2 is 2.06 bits per heavy atom. The number of nitrogens with two attached hydrogens (primary N) is 1. The molecule has 0 aliphatic rings. The molecule has 0 unspecified atom stereocenters. The van der Waals surface area contributed by atoms with Gasteiger partial charge in [0.15, 0.2) is 0 Å². The summed E-state index contributed by atoms with van der Waals surface area (Å²) in [4.78, 5) is 0. The van der Waals surface area contributed by atoms with Gasteiger partial charge in [-0.15, -0.1) is 0 Å². The number of anilines is 1. The Morgan fingerprint density at radius 1 is 1.35 bits per heavy atom. The molecule has 1 aromatic heterocycles. The third kappa shape index (κ3) is 3.93.